The van der Waals surface area contributed by atoms with Crippen molar-refractivity contribution in [2.45, 2.75) is 25.4 Å². The summed E-state index contributed by atoms with van der Waals surface area (Å²) in [5.41, 5.74) is 5.03. The normalized spacial score (nSPS) is 17.4. The maximum atomic E-state index is 11.9. The van der Waals surface area contributed by atoms with Crippen LogP contribution >= 0.6 is 11.9 Å². The van der Waals surface area contributed by atoms with Crippen molar-refractivity contribution < 1.29 is 19.5 Å². The minimum atomic E-state index is -0.343. The summed E-state index contributed by atoms with van der Waals surface area (Å²) in [5.74, 6) is 2.04. The number of hydroxylamine groups is 1. The molecule has 2 N–H and O–H groups in total. The molecule has 1 amide bonds. The lowest BCUT2D eigenvalue weighted by Gasteiger charge is -2.32. The van der Waals surface area contributed by atoms with Gasteiger partial charge >= 0.3 is 0 Å². The number of rotatable bonds is 6. The van der Waals surface area contributed by atoms with Gasteiger partial charge < -0.3 is 9.47 Å². The van der Waals surface area contributed by atoms with E-state index in [1.54, 1.807) is 31.6 Å². The minimum absolute atomic E-state index is 0.306. The molecule has 1 heterocycles. The lowest BCUT2D eigenvalue weighted by molar-refractivity contribution is -0.133. The molecular weight excluding hydrogens is 364 g/mol. The number of benzene rings is 2. The summed E-state index contributed by atoms with van der Waals surface area (Å²) in [7, 11) is 3.25. The van der Waals surface area contributed by atoms with Gasteiger partial charge in [0.25, 0.3) is 5.91 Å². The Labute approximate surface area is 163 Å². The molecule has 27 heavy (non-hydrogen) atoms. The number of hydrogen-bond donors (Lipinski definition) is 2. The highest BCUT2D eigenvalue weighted by molar-refractivity contribution is 7.97. The number of carbonyl (C=O) groups excluding carboxylic acids is 1. The lowest BCUT2D eigenvalue weighted by atomic mass is 10.0. The van der Waals surface area contributed by atoms with Crippen molar-refractivity contribution in [3.05, 3.63) is 48.0 Å². The predicted molar refractivity (Wildman–Crippen MR) is 106 cm³/mol. The van der Waals surface area contributed by atoms with Gasteiger partial charge in [-0.05, 0) is 41.7 Å². The van der Waals surface area contributed by atoms with E-state index in [0.717, 1.165) is 35.3 Å². The molecule has 0 unspecified atom stereocenters. The van der Waals surface area contributed by atoms with Gasteiger partial charge in [0, 0.05) is 12.3 Å². The zero-order chi connectivity index (χ0) is 19.2. The van der Waals surface area contributed by atoms with E-state index in [-0.39, 0.29) is 11.9 Å². The number of carbonyl (C=O) groups is 1. The van der Waals surface area contributed by atoms with E-state index in [9.17, 15) is 4.79 Å². The van der Waals surface area contributed by atoms with E-state index < -0.39 is 0 Å². The Morgan fingerprint density at radius 1 is 1.15 bits per heavy atom. The summed E-state index contributed by atoms with van der Waals surface area (Å²) in [6.07, 6.45) is 1.72. The standard InChI is InChI=1S/C20H24N2O4S/c1-25-18-10-9-16(12-19(18)26-2)15-7-5-14(6-8-15)13-22-17(20(23)21-24)4-3-11-27-22/h5-10,12,17,24H,3-4,11,13H2,1-2H3,(H,21,23)/t17-/m1/s1. The largest absolute Gasteiger partial charge is 0.493 e. The molecule has 0 aromatic heterocycles. The van der Waals surface area contributed by atoms with Crippen molar-refractivity contribution in [1.29, 1.82) is 0 Å². The number of hydrogen-bond acceptors (Lipinski definition) is 6. The number of nitrogens with zero attached hydrogens (tertiary/aromatic N) is 1. The molecule has 6 nitrogen and oxygen atoms in total. The fourth-order valence-corrected chi connectivity index (χ4v) is 4.33. The number of nitrogens with one attached hydrogen (secondary N) is 1. The monoisotopic (exact) mass is 388 g/mol. The Kier molecular flexibility index (Phi) is 6.60. The van der Waals surface area contributed by atoms with Crippen molar-refractivity contribution in [1.82, 2.24) is 9.79 Å². The van der Waals surface area contributed by atoms with Crippen LogP contribution in [0.3, 0.4) is 0 Å². The zero-order valence-corrected chi connectivity index (χ0v) is 16.3. The fraction of sp³-hybridized carbons (Fsp3) is 0.350. The second-order valence-corrected chi connectivity index (χ2v) is 7.44. The quantitative estimate of drug-likeness (QED) is 0.448. The molecule has 144 valence electrons. The summed E-state index contributed by atoms with van der Waals surface area (Å²) in [6.45, 7) is 0.648. The van der Waals surface area contributed by atoms with Crippen molar-refractivity contribution in [2.24, 2.45) is 0 Å². The van der Waals surface area contributed by atoms with Crippen LogP contribution in [0, 0.1) is 0 Å². The molecule has 0 bridgehead atoms. The van der Waals surface area contributed by atoms with Gasteiger partial charge in [-0.1, -0.05) is 42.3 Å². The third-order valence-corrected chi connectivity index (χ3v) is 5.84. The molecule has 1 aliphatic rings. The number of methoxy groups -OCH3 is 2. The van der Waals surface area contributed by atoms with Gasteiger partial charge in [-0.2, -0.15) is 0 Å². The van der Waals surface area contributed by atoms with E-state index in [2.05, 4.69) is 24.3 Å². The maximum Gasteiger partial charge on any atom is 0.261 e. The van der Waals surface area contributed by atoms with Gasteiger partial charge in [-0.25, -0.2) is 9.79 Å². The van der Waals surface area contributed by atoms with E-state index >= 15 is 0 Å². The van der Waals surface area contributed by atoms with Crippen LogP contribution < -0.4 is 15.0 Å². The first-order valence-corrected chi connectivity index (χ1v) is 9.75. The highest BCUT2D eigenvalue weighted by Gasteiger charge is 2.29. The molecule has 0 radical (unpaired) electrons. The van der Waals surface area contributed by atoms with E-state index in [1.165, 1.54) is 0 Å². The summed E-state index contributed by atoms with van der Waals surface area (Å²) < 4.78 is 12.7. The average Bonchev–Trinajstić information content (AvgIpc) is 2.73. The van der Waals surface area contributed by atoms with Gasteiger partial charge in [0.05, 0.1) is 14.2 Å². The third-order valence-electron chi connectivity index (χ3n) is 4.65. The van der Waals surface area contributed by atoms with Gasteiger partial charge in [-0.3, -0.25) is 10.0 Å². The Bertz CT molecular complexity index is 782. The van der Waals surface area contributed by atoms with Crippen molar-refractivity contribution in [3.63, 3.8) is 0 Å². The summed E-state index contributed by atoms with van der Waals surface area (Å²) in [5, 5.41) is 8.96. The van der Waals surface area contributed by atoms with Crippen molar-refractivity contribution in [3.8, 4) is 22.6 Å². The first kappa shape index (κ1) is 19.5. The van der Waals surface area contributed by atoms with E-state index in [4.69, 9.17) is 14.7 Å². The molecule has 1 fully saturated rings. The van der Waals surface area contributed by atoms with E-state index in [0.29, 0.717) is 18.0 Å². The SMILES string of the molecule is COc1ccc(-c2ccc(CN3SCCC[C@@H]3C(=O)NO)cc2)cc1OC. The molecule has 0 spiro atoms. The second kappa shape index (κ2) is 9.12. The first-order valence-electron chi connectivity index (χ1n) is 8.81. The number of amides is 1. The van der Waals surface area contributed by atoms with Gasteiger partial charge in [0.1, 0.15) is 6.04 Å². The molecule has 2 aromatic carbocycles. The first-order chi connectivity index (χ1) is 13.2. The highest BCUT2D eigenvalue weighted by atomic mass is 32.2. The predicted octanol–water partition coefficient (Wildman–Crippen LogP) is 3.49. The summed E-state index contributed by atoms with van der Waals surface area (Å²) in [6, 6.07) is 13.8. The van der Waals surface area contributed by atoms with Crippen molar-refractivity contribution in [2.75, 3.05) is 20.0 Å². The van der Waals surface area contributed by atoms with Crippen LogP contribution in [0.1, 0.15) is 18.4 Å². The van der Waals surface area contributed by atoms with Crippen LogP contribution in [-0.4, -0.2) is 41.4 Å². The molecule has 1 aliphatic heterocycles. The third kappa shape index (κ3) is 4.55. The van der Waals surface area contributed by atoms with Crippen molar-refractivity contribution >= 4 is 17.9 Å². The van der Waals surface area contributed by atoms with E-state index in [1.807, 2.05) is 22.5 Å². The lowest BCUT2D eigenvalue weighted by Crippen LogP contribution is -2.44. The second-order valence-electron chi connectivity index (χ2n) is 6.31. The Morgan fingerprint density at radius 3 is 2.52 bits per heavy atom. The molecule has 0 aliphatic carbocycles. The molecule has 0 saturated carbocycles. The van der Waals surface area contributed by atoms with Crippen LogP contribution in [0.2, 0.25) is 0 Å². The molecule has 2 aromatic rings. The molecular formula is C20H24N2O4S. The van der Waals surface area contributed by atoms with Crippen LogP contribution in [0.15, 0.2) is 42.5 Å². The van der Waals surface area contributed by atoms with Gasteiger partial charge in [-0.15, -0.1) is 0 Å². The smallest absolute Gasteiger partial charge is 0.261 e. The fourth-order valence-electron chi connectivity index (χ4n) is 3.18. The minimum Gasteiger partial charge on any atom is -0.493 e. The summed E-state index contributed by atoms with van der Waals surface area (Å²) in [4.78, 5) is 11.9. The molecule has 3 rings (SSSR count). The maximum absolute atomic E-state index is 11.9. The Balaban J connectivity index is 1.74. The zero-order valence-electron chi connectivity index (χ0n) is 15.5. The number of ether oxygens (including phenoxy) is 2. The average molecular weight is 388 g/mol. The van der Waals surface area contributed by atoms with Crippen LogP contribution in [0.4, 0.5) is 0 Å². The Morgan fingerprint density at radius 2 is 1.85 bits per heavy atom. The van der Waals surface area contributed by atoms with Crippen LogP contribution in [0.25, 0.3) is 11.1 Å². The van der Waals surface area contributed by atoms with Gasteiger partial charge in [0.2, 0.25) is 0 Å². The molecule has 7 heteroatoms. The van der Waals surface area contributed by atoms with Gasteiger partial charge in [0.15, 0.2) is 11.5 Å². The molecule has 1 atom stereocenters. The van der Waals surface area contributed by atoms with Crippen LogP contribution in [0.5, 0.6) is 11.5 Å². The Hall–Kier alpha value is -2.22. The van der Waals surface area contributed by atoms with Crippen LogP contribution in [-0.2, 0) is 11.3 Å². The topological polar surface area (TPSA) is 71.0 Å². The highest BCUT2D eigenvalue weighted by Crippen LogP contribution is 2.33. The summed E-state index contributed by atoms with van der Waals surface area (Å²) >= 11 is 1.65. The molecule has 1 saturated heterocycles.